The molecule has 1 fully saturated rings. The average Bonchev–Trinajstić information content (AvgIpc) is 2.58. The Balaban J connectivity index is 2.80. The monoisotopic (exact) mass is 270 g/mol. The number of carboxylic acid groups (broad SMARTS) is 1. The molecule has 108 valence electrons. The maximum atomic E-state index is 12.2. The molecule has 0 radical (unpaired) electrons. The van der Waals surface area contributed by atoms with Crippen molar-refractivity contribution in [3.8, 4) is 0 Å². The smallest absolute Gasteiger partial charge is 0.304 e. The molecule has 19 heavy (non-hydrogen) atoms. The lowest BCUT2D eigenvalue weighted by Gasteiger charge is -2.31. The summed E-state index contributed by atoms with van der Waals surface area (Å²) in [6, 6.07) is -0.760. The molecular formula is C13H22N2O4. The van der Waals surface area contributed by atoms with Crippen molar-refractivity contribution in [3.63, 3.8) is 0 Å². The summed E-state index contributed by atoms with van der Waals surface area (Å²) in [5.74, 6) is -1.24. The molecule has 2 amide bonds. The molecular weight excluding hydrogens is 248 g/mol. The highest BCUT2D eigenvalue weighted by Gasteiger charge is 2.42. The quantitative estimate of drug-likeness (QED) is 0.689. The van der Waals surface area contributed by atoms with Gasteiger partial charge in [0.2, 0.25) is 11.8 Å². The van der Waals surface area contributed by atoms with Crippen LogP contribution in [0.4, 0.5) is 0 Å². The molecule has 0 aromatic carbocycles. The van der Waals surface area contributed by atoms with Gasteiger partial charge in [-0.15, -0.1) is 0 Å². The van der Waals surface area contributed by atoms with Gasteiger partial charge in [0, 0.05) is 12.6 Å². The summed E-state index contributed by atoms with van der Waals surface area (Å²) in [5.41, 5.74) is 0. The fourth-order valence-electron chi connectivity index (χ4n) is 2.59. The molecule has 1 N–H and O–H groups in total. The summed E-state index contributed by atoms with van der Waals surface area (Å²) >= 11 is 0. The van der Waals surface area contributed by atoms with E-state index in [4.69, 9.17) is 5.11 Å². The Morgan fingerprint density at radius 3 is 2.58 bits per heavy atom. The second-order valence-corrected chi connectivity index (χ2v) is 4.88. The average molecular weight is 270 g/mol. The normalized spacial score (nSPS) is 21.3. The maximum absolute atomic E-state index is 12.2. The van der Waals surface area contributed by atoms with Gasteiger partial charge in [0.25, 0.3) is 0 Å². The van der Waals surface area contributed by atoms with Crippen molar-refractivity contribution in [2.24, 2.45) is 0 Å². The number of amides is 2. The van der Waals surface area contributed by atoms with E-state index in [0.29, 0.717) is 13.1 Å². The Morgan fingerprint density at radius 1 is 1.47 bits per heavy atom. The van der Waals surface area contributed by atoms with Crippen molar-refractivity contribution in [1.29, 1.82) is 0 Å². The fraction of sp³-hybridized carbons (Fsp3) is 0.769. The second-order valence-electron chi connectivity index (χ2n) is 4.88. The number of hydrogen-bond acceptors (Lipinski definition) is 4. The van der Waals surface area contributed by atoms with Gasteiger partial charge in [0.15, 0.2) is 0 Å². The van der Waals surface area contributed by atoms with Crippen LogP contribution in [0.2, 0.25) is 0 Å². The molecule has 1 rings (SSSR count). The number of carbonyl (C=O) groups is 3. The molecule has 6 nitrogen and oxygen atoms in total. The first kappa shape index (κ1) is 15.6. The van der Waals surface area contributed by atoms with E-state index in [0.717, 1.165) is 6.42 Å². The van der Waals surface area contributed by atoms with Crippen LogP contribution in [-0.2, 0) is 14.4 Å². The van der Waals surface area contributed by atoms with Crippen LogP contribution in [0.5, 0.6) is 0 Å². The number of nitrogens with zero attached hydrogens (tertiary/aromatic N) is 2. The standard InChI is InChI=1S/C13H22N2O4/c1-4-6-15-11(16)8-10(13(15)19)14(5-2)9(3)7-12(17)18/h9-10H,4-8H2,1-3H3,(H,17,18). The molecule has 1 aliphatic heterocycles. The Labute approximate surface area is 113 Å². The molecule has 1 aliphatic rings. The third-order valence-corrected chi connectivity index (χ3v) is 3.47. The van der Waals surface area contributed by atoms with Crippen molar-refractivity contribution < 1.29 is 19.5 Å². The lowest BCUT2D eigenvalue weighted by atomic mass is 10.1. The number of carbonyl (C=O) groups excluding carboxylic acids is 2. The summed E-state index contributed by atoms with van der Waals surface area (Å²) < 4.78 is 0. The van der Waals surface area contributed by atoms with Gasteiger partial charge in [-0.2, -0.15) is 0 Å². The van der Waals surface area contributed by atoms with Crippen LogP contribution in [0, 0.1) is 0 Å². The van der Waals surface area contributed by atoms with Crippen LogP contribution in [0.3, 0.4) is 0 Å². The SMILES string of the molecule is CCCN1C(=O)CC(N(CC)C(C)CC(=O)O)C1=O. The van der Waals surface area contributed by atoms with Crippen molar-refractivity contribution in [3.05, 3.63) is 0 Å². The molecule has 0 spiro atoms. The first-order chi connectivity index (χ1) is 8.92. The van der Waals surface area contributed by atoms with Gasteiger partial charge < -0.3 is 5.11 Å². The number of imide groups is 1. The number of rotatable bonds is 7. The molecule has 1 heterocycles. The summed E-state index contributed by atoms with van der Waals surface area (Å²) in [6.45, 7) is 6.56. The van der Waals surface area contributed by atoms with Crippen LogP contribution < -0.4 is 0 Å². The van der Waals surface area contributed by atoms with Gasteiger partial charge in [-0.25, -0.2) is 0 Å². The first-order valence-corrected chi connectivity index (χ1v) is 6.74. The molecule has 0 aromatic rings. The van der Waals surface area contributed by atoms with Gasteiger partial charge >= 0.3 is 5.97 Å². The van der Waals surface area contributed by atoms with E-state index in [1.54, 1.807) is 6.92 Å². The van der Waals surface area contributed by atoms with Crippen molar-refractivity contribution in [2.75, 3.05) is 13.1 Å². The van der Waals surface area contributed by atoms with E-state index in [2.05, 4.69) is 0 Å². The Morgan fingerprint density at radius 2 is 2.11 bits per heavy atom. The van der Waals surface area contributed by atoms with Gasteiger partial charge in [0.1, 0.15) is 0 Å². The second kappa shape index (κ2) is 6.65. The highest BCUT2D eigenvalue weighted by Crippen LogP contribution is 2.21. The fourth-order valence-corrected chi connectivity index (χ4v) is 2.59. The van der Waals surface area contributed by atoms with E-state index in [1.165, 1.54) is 4.90 Å². The van der Waals surface area contributed by atoms with Crippen molar-refractivity contribution >= 4 is 17.8 Å². The number of likely N-dealkylation sites (tertiary alicyclic amines) is 1. The summed E-state index contributed by atoms with van der Waals surface area (Å²) in [7, 11) is 0. The molecule has 2 unspecified atom stereocenters. The van der Waals surface area contributed by atoms with Crippen LogP contribution in [0.25, 0.3) is 0 Å². The molecule has 6 heteroatoms. The molecule has 2 atom stereocenters. The topological polar surface area (TPSA) is 77.9 Å². The first-order valence-electron chi connectivity index (χ1n) is 6.74. The van der Waals surface area contributed by atoms with Crippen LogP contribution in [0.1, 0.15) is 40.0 Å². The zero-order chi connectivity index (χ0) is 14.6. The number of carboxylic acids is 1. The largest absolute Gasteiger partial charge is 0.481 e. The zero-order valence-electron chi connectivity index (χ0n) is 11.8. The maximum Gasteiger partial charge on any atom is 0.304 e. The summed E-state index contributed by atoms with van der Waals surface area (Å²) in [6.07, 6.45) is 0.872. The van der Waals surface area contributed by atoms with Crippen LogP contribution >= 0.6 is 0 Å². The van der Waals surface area contributed by atoms with E-state index in [1.807, 2.05) is 18.7 Å². The molecule has 0 saturated carbocycles. The van der Waals surface area contributed by atoms with Crippen LogP contribution in [-0.4, -0.2) is 57.9 Å². The minimum absolute atomic E-state index is 0.0282. The predicted octanol–water partition coefficient (Wildman–Crippen LogP) is 0.709. The highest BCUT2D eigenvalue weighted by molar-refractivity contribution is 6.05. The third-order valence-electron chi connectivity index (χ3n) is 3.47. The Bertz CT molecular complexity index is 370. The lowest BCUT2D eigenvalue weighted by Crippen LogP contribution is -2.47. The predicted molar refractivity (Wildman–Crippen MR) is 69.5 cm³/mol. The van der Waals surface area contributed by atoms with Crippen LogP contribution in [0.15, 0.2) is 0 Å². The Hall–Kier alpha value is -1.43. The van der Waals surface area contributed by atoms with Crippen molar-refractivity contribution in [1.82, 2.24) is 9.80 Å². The van der Waals surface area contributed by atoms with E-state index < -0.39 is 12.0 Å². The minimum Gasteiger partial charge on any atom is -0.481 e. The minimum atomic E-state index is -0.895. The Kier molecular flexibility index (Phi) is 5.47. The number of hydrogen-bond donors (Lipinski definition) is 1. The van der Waals surface area contributed by atoms with Gasteiger partial charge in [-0.3, -0.25) is 24.2 Å². The van der Waals surface area contributed by atoms with E-state index in [-0.39, 0.29) is 30.7 Å². The zero-order valence-corrected chi connectivity index (χ0v) is 11.8. The molecule has 0 aliphatic carbocycles. The number of aliphatic carboxylic acids is 1. The lowest BCUT2D eigenvalue weighted by molar-refractivity contribution is -0.142. The molecule has 0 aromatic heterocycles. The molecule has 1 saturated heterocycles. The third kappa shape index (κ3) is 3.53. The molecule has 0 bridgehead atoms. The van der Waals surface area contributed by atoms with Gasteiger partial charge in [-0.1, -0.05) is 13.8 Å². The number of likely N-dealkylation sites (N-methyl/N-ethyl adjacent to an activating group) is 1. The summed E-state index contributed by atoms with van der Waals surface area (Å²) in [4.78, 5) is 37.9. The van der Waals surface area contributed by atoms with Crippen molar-refractivity contribution in [2.45, 2.75) is 52.1 Å². The van der Waals surface area contributed by atoms with Gasteiger partial charge in [-0.05, 0) is 19.9 Å². The highest BCUT2D eigenvalue weighted by atomic mass is 16.4. The van der Waals surface area contributed by atoms with E-state index >= 15 is 0 Å². The summed E-state index contributed by atoms with van der Waals surface area (Å²) in [5, 5.41) is 8.84. The van der Waals surface area contributed by atoms with E-state index in [9.17, 15) is 14.4 Å². The van der Waals surface area contributed by atoms with Gasteiger partial charge in [0.05, 0.1) is 18.9 Å².